The number of benzene rings is 2. The summed E-state index contributed by atoms with van der Waals surface area (Å²) in [6.07, 6.45) is 8.23. The van der Waals surface area contributed by atoms with Crippen molar-refractivity contribution >= 4 is 48.2 Å². The molecule has 0 aliphatic heterocycles. The topological polar surface area (TPSA) is 154 Å². The predicted octanol–water partition coefficient (Wildman–Crippen LogP) is 3.56. The molecule has 0 bridgehead atoms. The van der Waals surface area contributed by atoms with Crippen molar-refractivity contribution in [2.75, 3.05) is 16.7 Å². The molecule has 2 aromatic heterocycles. The van der Waals surface area contributed by atoms with Crippen molar-refractivity contribution in [1.29, 1.82) is 0 Å². The van der Waals surface area contributed by atoms with E-state index in [0.29, 0.717) is 16.6 Å². The maximum absolute atomic E-state index is 13.6. The third kappa shape index (κ3) is 4.69. The highest BCUT2D eigenvalue weighted by molar-refractivity contribution is 7.95. The fourth-order valence-corrected chi connectivity index (χ4v) is 7.49. The van der Waals surface area contributed by atoms with E-state index in [1.807, 2.05) is 4.57 Å². The summed E-state index contributed by atoms with van der Waals surface area (Å²) in [4.78, 5) is 21.4. The number of anilines is 2. The molecule has 12 heteroatoms. The SMILES string of the molecule is CS(=O)(=O)c1ccccc1S(=O)(=O)Nc1cccc(C(=O)c2cn(C3CCCC3)c3ncnc(N)c23)c1. The van der Waals surface area contributed by atoms with Crippen molar-refractivity contribution < 1.29 is 21.6 Å². The molecule has 37 heavy (non-hydrogen) atoms. The Morgan fingerprint density at radius 2 is 1.70 bits per heavy atom. The van der Waals surface area contributed by atoms with Gasteiger partial charge in [0, 0.05) is 29.7 Å². The normalized spacial score (nSPS) is 14.7. The van der Waals surface area contributed by atoms with Crippen molar-refractivity contribution in [3.63, 3.8) is 0 Å². The van der Waals surface area contributed by atoms with E-state index in [1.54, 1.807) is 18.3 Å². The first kappa shape index (κ1) is 24.9. The summed E-state index contributed by atoms with van der Waals surface area (Å²) >= 11 is 0. The van der Waals surface area contributed by atoms with Crippen LogP contribution in [0, 0.1) is 0 Å². The average molecular weight is 540 g/mol. The van der Waals surface area contributed by atoms with E-state index >= 15 is 0 Å². The summed E-state index contributed by atoms with van der Waals surface area (Å²) in [5.41, 5.74) is 7.42. The molecule has 1 fully saturated rings. The molecular weight excluding hydrogens is 514 g/mol. The third-order valence-corrected chi connectivity index (χ3v) is 9.24. The van der Waals surface area contributed by atoms with Crippen LogP contribution in [0.2, 0.25) is 0 Å². The van der Waals surface area contributed by atoms with E-state index in [4.69, 9.17) is 5.73 Å². The zero-order valence-electron chi connectivity index (χ0n) is 20.0. The summed E-state index contributed by atoms with van der Waals surface area (Å²) in [6, 6.07) is 11.6. The molecule has 192 valence electrons. The van der Waals surface area contributed by atoms with Gasteiger partial charge in [-0.15, -0.1) is 0 Å². The maximum Gasteiger partial charge on any atom is 0.263 e. The van der Waals surface area contributed by atoms with E-state index < -0.39 is 19.9 Å². The number of nitrogens with zero attached hydrogens (tertiary/aromatic N) is 3. The van der Waals surface area contributed by atoms with Gasteiger partial charge in [-0.2, -0.15) is 0 Å². The third-order valence-electron chi connectivity index (χ3n) is 6.52. The lowest BCUT2D eigenvalue weighted by atomic mass is 10.0. The molecule has 0 saturated heterocycles. The summed E-state index contributed by atoms with van der Waals surface area (Å²) in [5, 5.41) is 0.465. The van der Waals surface area contributed by atoms with E-state index in [-0.39, 0.29) is 38.7 Å². The molecule has 0 spiro atoms. The van der Waals surface area contributed by atoms with Crippen LogP contribution in [-0.4, -0.2) is 43.4 Å². The Balaban J connectivity index is 1.52. The van der Waals surface area contributed by atoms with Crippen LogP contribution in [0.5, 0.6) is 0 Å². The number of aromatic nitrogens is 3. The van der Waals surface area contributed by atoms with Crippen LogP contribution in [0.1, 0.15) is 47.6 Å². The quantitative estimate of drug-likeness (QED) is 0.338. The van der Waals surface area contributed by atoms with Crippen molar-refractivity contribution in [1.82, 2.24) is 14.5 Å². The molecule has 0 radical (unpaired) electrons. The van der Waals surface area contributed by atoms with E-state index in [1.165, 1.54) is 42.7 Å². The zero-order valence-corrected chi connectivity index (χ0v) is 21.6. The lowest BCUT2D eigenvalue weighted by molar-refractivity contribution is 0.104. The molecule has 1 aliphatic carbocycles. The summed E-state index contributed by atoms with van der Waals surface area (Å²) in [5.74, 6) is -0.167. The van der Waals surface area contributed by atoms with Gasteiger partial charge in [-0.05, 0) is 37.1 Å². The number of sulfonamides is 1. The van der Waals surface area contributed by atoms with Gasteiger partial charge in [0.2, 0.25) is 0 Å². The second-order valence-corrected chi connectivity index (χ2v) is 12.7. The Hall–Kier alpha value is -3.77. The van der Waals surface area contributed by atoms with Crippen LogP contribution >= 0.6 is 0 Å². The van der Waals surface area contributed by atoms with Crippen molar-refractivity contribution in [2.24, 2.45) is 0 Å². The van der Waals surface area contributed by atoms with Gasteiger partial charge in [-0.1, -0.05) is 37.1 Å². The Morgan fingerprint density at radius 3 is 2.41 bits per heavy atom. The summed E-state index contributed by atoms with van der Waals surface area (Å²) < 4.78 is 54.8. The molecule has 0 amide bonds. The Morgan fingerprint density at radius 1 is 1.00 bits per heavy atom. The zero-order chi connectivity index (χ0) is 26.4. The van der Waals surface area contributed by atoms with Crippen LogP contribution < -0.4 is 10.5 Å². The van der Waals surface area contributed by atoms with Gasteiger partial charge in [-0.3, -0.25) is 9.52 Å². The number of hydrogen-bond donors (Lipinski definition) is 2. The Bertz CT molecular complexity index is 1740. The van der Waals surface area contributed by atoms with Gasteiger partial charge in [0.1, 0.15) is 22.7 Å². The fourth-order valence-electron chi connectivity index (χ4n) is 4.81. The Labute approximate surface area is 214 Å². The molecule has 0 unspecified atom stereocenters. The van der Waals surface area contributed by atoms with Crippen molar-refractivity contribution in [3.05, 3.63) is 72.2 Å². The fraction of sp³-hybridized carbons (Fsp3) is 0.240. The standard InChI is InChI=1S/C25H25N5O5S2/c1-36(32,33)20-11-4-5-12-21(20)37(34,35)29-17-8-6-7-16(13-17)23(31)19-14-30(18-9-2-3-10-18)25-22(19)24(26)27-15-28-25/h4-8,11-15,18,29H,2-3,9-10H2,1H3,(H2,26,27,28). The number of rotatable bonds is 7. The number of ketones is 1. The van der Waals surface area contributed by atoms with E-state index in [0.717, 1.165) is 31.9 Å². The highest BCUT2D eigenvalue weighted by atomic mass is 32.2. The molecular formula is C25H25N5O5S2. The first-order chi connectivity index (χ1) is 17.6. The Kier molecular flexibility index (Phi) is 6.24. The number of hydrogen-bond acceptors (Lipinski definition) is 8. The lowest BCUT2D eigenvalue weighted by Crippen LogP contribution is -2.17. The molecule has 4 aromatic rings. The molecule has 5 rings (SSSR count). The molecule has 1 aliphatic rings. The highest BCUT2D eigenvalue weighted by Crippen LogP contribution is 2.35. The van der Waals surface area contributed by atoms with Crippen LogP contribution in [-0.2, 0) is 19.9 Å². The molecule has 3 N–H and O–H groups in total. The molecule has 2 heterocycles. The monoisotopic (exact) mass is 539 g/mol. The van der Waals surface area contributed by atoms with Crippen molar-refractivity contribution in [3.8, 4) is 0 Å². The van der Waals surface area contributed by atoms with Gasteiger partial charge >= 0.3 is 0 Å². The minimum absolute atomic E-state index is 0.109. The molecule has 1 saturated carbocycles. The van der Waals surface area contributed by atoms with Gasteiger partial charge in [0.25, 0.3) is 10.0 Å². The summed E-state index contributed by atoms with van der Waals surface area (Å²) in [7, 11) is -8.06. The van der Waals surface area contributed by atoms with Crippen LogP contribution in [0.15, 0.2) is 70.8 Å². The highest BCUT2D eigenvalue weighted by Gasteiger charge is 2.27. The van der Waals surface area contributed by atoms with E-state index in [2.05, 4.69) is 14.7 Å². The smallest absolute Gasteiger partial charge is 0.263 e. The number of carbonyl (C=O) groups is 1. The predicted molar refractivity (Wildman–Crippen MR) is 140 cm³/mol. The van der Waals surface area contributed by atoms with Crippen LogP contribution in [0.25, 0.3) is 11.0 Å². The van der Waals surface area contributed by atoms with Crippen LogP contribution in [0.3, 0.4) is 0 Å². The van der Waals surface area contributed by atoms with E-state index in [9.17, 15) is 21.6 Å². The number of nitrogens with one attached hydrogen (secondary N) is 1. The van der Waals surface area contributed by atoms with Crippen molar-refractivity contribution in [2.45, 2.75) is 41.5 Å². The number of nitrogen functional groups attached to an aromatic ring is 1. The number of sulfone groups is 1. The van der Waals surface area contributed by atoms with Crippen LogP contribution in [0.4, 0.5) is 11.5 Å². The molecule has 10 nitrogen and oxygen atoms in total. The summed E-state index contributed by atoms with van der Waals surface area (Å²) in [6.45, 7) is 0. The second kappa shape index (κ2) is 9.27. The van der Waals surface area contributed by atoms with Gasteiger partial charge in [0.05, 0.1) is 15.8 Å². The van der Waals surface area contributed by atoms with Gasteiger partial charge in [-0.25, -0.2) is 26.8 Å². The largest absolute Gasteiger partial charge is 0.383 e. The molecule has 0 atom stereocenters. The van der Waals surface area contributed by atoms with Gasteiger partial charge in [0.15, 0.2) is 15.6 Å². The van der Waals surface area contributed by atoms with Gasteiger partial charge < -0.3 is 10.3 Å². The number of nitrogens with two attached hydrogens (primary N) is 1. The minimum atomic E-state index is -4.27. The first-order valence-corrected chi connectivity index (χ1v) is 15.0. The maximum atomic E-state index is 13.6. The number of fused-ring (bicyclic) bond motifs is 1. The number of carbonyl (C=O) groups excluding carboxylic acids is 1. The lowest BCUT2D eigenvalue weighted by Gasteiger charge is -2.12. The first-order valence-electron chi connectivity index (χ1n) is 11.6. The minimum Gasteiger partial charge on any atom is -0.383 e. The average Bonchev–Trinajstić information content (AvgIpc) is 3.52. The molecule has 2 aromatic carbocycles. The second-order valence-electron chi connectivity index (χ2n) is 9.08.